The first-order valence-corrected chi connectivity index (χ1v) is 12.6. The quantitative estimate of drug-likeness (QED) is 0.147. The summed E-state index contributed by atoms with van der Waals surface area (Å²) in [4.78, 5) is 26.6. The van der Waals surface area contributed by atoms with Gasteiger partial charge in [-0.05, 0) is 37.8 Å². The average molecular weight is 543 g/mol. The fourth-order valence-electron chi connectivity index (χ4n) is 4.29. The van der Waals surface area contributed by atoms with Gasteiger partial charge in [-0.15, -0.1) is 12.4 Å². The Morgan fingerprint density at radius 2 is 1.92 bits per heavy atom. The molecule has 0 radical (unpaired) electrons. The highest BCUT2D eigenvalue weighted by Crippen LogP contribution is 2.34. The van der Waals surface area contributed by atoms with Gasteiger partial charge in [0.05, 0.1) is 10.9 Å². The molecule has 1 amide bonds. The third kappa shape index (κ3) is 6.84. The molecule has 200 valence electrons. The number of nitrogens with one attached hydrogen (secondary N) is 3. The van der Waals surface area contributed by atoms with Crippen LogP contribution in [-0.2, 0) is 19.6 Å². The van der Waals surface area contributed by atoms with Crippen molar-refractivity contribution < 1.29 is 23.5 Å². The summed E-state index contributed by atoms with van der Waals surface area (Å²) in [6, 6.07) is 9.06. The number of sulfonamides is 1. The molecule has 1 fully saturated rings. The molecule has 1 aliphatic rings. The van der Waals surface area contributed by atoms with E-state index in [-0.39, 0.29) is 35.3 Å². The van der Waals surface area contributed by atoms with Gasteiger partial charge in [0.1, 0.15) is 12.3 Å². The molecule has 13 heteroatoms. The number of halogens is 1. The highest BCUT2D eigenvalue weighted by atomic mass is 35.5. The SMILES string of the molecule is CN(C)c1cccc2c(S(=O)(=O)N3CCC[C@H]3C(=O)N[C@H](C=O)CCCNC(=N)N)cccc12.Cl.O. The predicted octanol–water partition coefficient (Wildman–Crippen LogP) is 0.603. The normalized spacial score (nSPS) is 16.3. The molecule has 2 aromatic rings. The van der Waals surface area contributed by atoms with Crippen molar-refractivity contribution in [3.05, 3.63) is 36.4 Å². The molecule has 0 bridgehead atoms. The standard InChI is InChI=1S/C23H32N6O4S.ClH.H2O/c1-28(2)19-10-3-9-18-17(19)8-4-12-21(18)34(32,33)29-14-6-11-20(29)22(31)27-16(15-30)7-5-13-26-23(24)25;;/h3-4,8-10,12,15-16,20H,5-7,11,13-14H2,1-2H3,(H,27,31)(H4,24,25,26);1H;1H2/t16-,20-;;/m0../s1. The molecule has 36 heavy (non-hydrogen) atoms. The van der Waals surface area contributed by atoms with Crippen molar-refractivity contribution in [1.29, 1.82) is 5.41 Å². The zero-order valence-electron chi connectivity index (χ0n) is 20.4. The molecule has 3 rings (SSSR count). The van der Waals surface area contributed by atoms with Gasteiger partial charge < -0.3 is 31.5 Å². The Morgan fingerprint density at radius 1 is 1.25 bits per heavy atom. The summed E-state index contributed by atoms with van der Waals surface area (Å²) in [7, 11) is -0.158. The van der Waals surface area contributed by atoms with E-state index in [0.717, 1.165) is 11.1 Å². The number of rotatable bonds is 10. The topological polar surface area (TPSA) is 180 Å². The van der Waals surface area contributed by atoms with Gasteiger partial charge in [-0.2, -0.15) is 4.31 Å². The van der Waals surface area contributed by atoms with Gasteiger partial charge in [-0.25, -0.2) is 8.42 Å². The van der Waals surface area contributed by atoms with Crippen LogP contribution in [0.2, 0.25) is 0 Å². The summed E-state index contributed by atoms with van der Waals surface area (Å²) in [5, 5.41) is 13.9. The molecule has 2 aromatic carbocycles. The monoisotopic (exact) mass is 542 g/mol. The molecule has 7 N–H and O–H groups in total. The number of nitrogens with two attached hydrogens (primary N) is 1. The van der Waals surface area contributed by atoms with E-state index in [1.807, 2.05) is 37.2 Å². The van der Waals surface area contributed by atoms with Crippen LogP contribution >= 0.6 is 12.4 Å². The molecule has 11 nitrogen and oxygen atoms in total. The number of hydrogen-bond acceptors (Lipinski definition) is 6. The van der Waals surface area contributed by atoms with Crippen molar-refractivity contribution in [3.63, 3.8) is 0 Å². The summed E-state index contributed by atoms with van der Waals surface area (Å²) in [5.41, 5.74) is 6.14. The minimum atomic E-state index is -3.96. The first-order valence-electron chi connectivity index (χ1n) is 11.2. The molecular formula is C23H35ClN6O5S. The maximum absolute atomic E-state index is 13.7. The van der Waals surface area contributed by atoms with Crippen LogP contribution < -0.4 is 21.3 Å². The predicted molar refractivity (Wildman–Crippen MR) is 143 cm³/mol. The summed E-state index contributed by atoms with van der Waals surface area (Å²) < 4.78 is 28.6. The number of nitrogens with zero attached hydrogens (tertiary/aromatic N) is 2. The number of guanidine groups is 1. The number of anilines is 1. The van der Waals surface area contributed by atoms with Gasteiger partial charge in [0.2, 0.25) is 15.9 Å². The Morgan fingerprint density at radius 3 is 2.56 bits per heavy atom. The maximum atomic E-state index is 13.7. The van der Waals surface area contributed by atoms with Crippen LogP contribution in [0.1, 0.15) is 25.7 Å². The number of aldehydes is 1. The minimum Gasteiger partial charge on any atom is -0.412 e. The lowest BCUT2D eigenvalue weighted by Crippen LogP contribution is -2.49. The Bertz CT molecular complexity index is 1180. The average Bonchev–Trinajstić information content (AvgIpc) is 3.31. The van der Waals surface area contributed by atoms with E-state index in [1.165, 1.54) is 4.31 Å². The fourth-order valence-corrected chi connectivity index (χ4v) is 6.16. The van der Waals surface area contributed by atoms with Crippen LogP contribution in [0.3, 0.4) is 0 Å². The van der Waals surface area contributed by atoms with E-state index in [2.05, 4.69) is 10.6 Å². The molecule has 0 unspecified atom stereocenters. The lowest BCUT2D eigenvalue weighted by Gasteiger charge is -2.25. The summed E-state index contributed by atoms with van der Waals surface area (Å²) in [6.07, 6.45) is 2.45. The summed E-state index contributed by atoms with van der Waals surface area (Å²) in [6.45, 7) is 0.633. The zero-order valence-corrected chi connectivity index (χ0v) is 22.0. The van der Waals surface area contributed by atoms with E-state index in [4.69, 9.17) is 11.1 Å². The maximum Gasteiger partial charge on any atom is 0.244 e. The summed E-state index contributed by atoms with van der Waals surface area (Å²) >= 11 is 0. The van der Waals surface area contributed by atoms with Gasteiger partial charge >= 0.3 is 0 Å². The number of carbonyl (C=O) groups is 2. The highest BCUT2D eigenvalue weighted by molar-refractivity contribution is 7.89. The lowest BCUT2D eigenvalue weighted by atomic mass is 10.1. The van der Waals surface area contributed by atoms with E-state index in [0.29, 0.717) is 43.9 Å². The van der Waals surface area contributed by atoms with Gasteiger partial charge in [0.15, 0.2) is 5.96 Å². The highest BCUT2D eigenvalue weighted by Gasteiger charge is 2.40. The Kier molecular flexibility index (Phi) is 11.6. The van der Waals surface area contributed by atoms with Gasteiger partial charge in [0.25, 0.3) is 0 Å². The third-order valence-corrected chi connectivity index (χ3v) is 7.90. The second-order valence-corrected chi connectivity index (χ2v) is 10.4. The van der Waals surface area contributed by atoms with Crippen molar-refractivity contribution in [2.24, 2.45) is 5.73 Å². The number of fused-ring (bicyclic) bond motifs is 1. The molecular weight excluding hydrogens is 508 g/mol. The van der Waals surface area contributed by atoms with Crippen molar-refractivity contribution in [1.82, 2.24) is 14.9 Å². The van der Waals surface area contributed by atoms with Crippen molar-refractivity contribution in [2.45, 2.75) is 42.7 Å². The molecule has 2 atom stereocenters. The Balaban J connectivity index is 0.00000324. The number of benzene rings is 2. The molecule has 0 aliphatic carbocycles. The van der Waals surface area contributed by atoms with Crippen molar-refractivity contribution in [2.75, 3.05) is 32.1 Å². The van der Waals surface area contributed by atoms with Crippen LogP contribution in [-0.4, -0.2) is 75.6 Å². The third-order valence-electron chi connectivity index (χ3n) is 5.93. The van der Waals surface area contributed by atoms with Crippen LogP contribution in [0.15, 0.2) is 41.3 Å². The van der Waals surface area contributed by atoms with Crippen molar-refractivity contribution >= 4 is 57.0 Å². The largest absolute Gasteiger partial charge is 0.412 e. The van der Waals surface area contributed by atoms with E-state index in [9.17, 15) is 18.0 Å². The molecule has 0 aromatic heterocycles. The van der Waals surface area contributed by atoms with Crippen LogP contribution in [0.5, 0.6) is 0 Å². The lowest BCUT2D eigenvalue weighted by molar-refractivity contribution is -0.126. The van der Waals surface area contributed by atoms with Crippen molar-refractivity contribution in [3.8, 4) is 0 Å². The van der Waals surface area contributed by atoms with E-state index < -0.39 is 28.0 Å². The number of carbonyl (C=O) groups excluding carboxylic acids is 2. The van der Waals surface area contributed by atoms with Gasteiger partial charge in [-0.1, -0.05) is 24.3 Å². The second kappa shape index (κ2) is 13.4. The molecule has 0 spiro atoms. The number of amides is 1. The second-order valence-electron chi connectivity index (χ2n) is 8.53. The van der Waals surface area contributed by atoms with Gasteiger partial charge in [0, 0.05) is 43.6 Å². The first-order chi connectivity index (χ1) is 16.2. The molecule has 1 heterocycles. The molecule has 0 saturated carbocycles. The zero-order chi connectivity index (χ0) is 24.9. The van der Waals surface area contributed by atoms with Crippen LogP contribution in [0.25, 0.3) is 10.8 Å². The molecule has 1 saturated heterocycles. The smallest absolute Gasteiger partial charge is 0.244 e. The summed E-state index contributed by atoms with van der Waals surface area (Å²) in [5.74, 6) is -0.642. The first kappa shape index (κ1) is 31.1. The Labute approximate surface area is 217 Å². The minimum absolute atomic E-state index is 0. The van der Waals surface area contributed by atoms with Gasteiger partial charge in [-0.3, -0.25) is 10.2 Å². The van der Waals surface area contributed by atoms with E-state index >= 15 is 0 Å². The van der Waals surface area contributed by atoms with Crippen LogP contribution in [0, 0.1) is 5.41 Å². The Hall–Kier alpha value is -2.93. The fraction of sp³-hybridized carbons (Fsp3) is 0.435. The molecule has 1 aliphatic heterocycles. The van der Waals surface area contributed by atoms with Crippen LogP contribution in [0.4, 0.5) is 5.69 Å². The number of hydrogen-bond donors (Lipinski definition) is 4. The van der Waals surface area contributed by atoms with E-state index in [1.54, 1.807) is 18.2 Å².